The summed E-state index contributed by atoms with van der Waals surface area (Å²) < 4.78 is 5.56. The summed E-state index contributed by atoms with van der Waals surface area (Å²) in [7, 11) is 0. The summed E-state index contributed by atoms with van der Waals surface area (Å²) in [6.45, 7) is 2.20. The third kappa shape index (κ3) is 2.73. The fourth-order valence-electron chi connectivity index (χ4n) is 4.88. The molecule has 6 atom stereocenters. The molecule has 6 nitrogen and oxygen atoms in total. The van der Waals surface area contributed by atoms with Gasteiger partial charge in [0, 0.05) is 19.6 Å². The van der Waals surface area contributed by atoms with Crippen LogP contribution in [0.1, 0.15) is 25.7 Å². The molecule has 0 radical (unpaired) electrons. The van der Waals surface area contributed by atoms with E-state index in [2.05, 4.69) is 17.5 Å². The highest BCUT2D eigenvalue weighted by Gasteiger charge is 2.47. The Morgan fingerprint density at radius 1 is 1.09 bits per heavy atom. The lowest BCUT2D eigenvalue weighted by molar-refractivity contribution is -0.128. The second-order valence-electron chi connectivity index (χ2n) is 7.44. The Balaban J connectivity index is 1.27. The van der Waals surface area contributed by atoms with Crippen molar-refractivity contribution in [3.8, 4) is 0 Å². The van der Waals surface area contributed by atoms with Crippen LogP contribution in [-0.4, -0.2) is 48.7 Å². The molecular weight excluding hydrogens is 294 g/mol. The van der Waals surface area contributed by atoms with E-state index in [9.17, 15) is 9.59 Å². The standard InChI is InChI=1S/C17H25N3O3/c18-16(21)15-6-5-12(23-15)7-19-17(22)20-8-13-10-1-2-11(4-3-10)14(13)9-20/h1-2,10-15H,3-9H2,(H2,18,21)(H,19,22). The van der Waals surface area contributed by atoms with Gasteiger partial charge in [-0.2, -0.15) is 0 Å². The minimum absolute atomic E-state index is 0.00456. The molecule has 2 heterocycles. The van der Waals surface area contributed by atoms with E-state index in [0.29, 0.717) is 36.6 Å². The van der Waals surface area contributed by atoms with E-state index >= 15 is 0 Å². The molecule has 2 bridgehead atoms. The van der Waals surface area contributed by atoms with E-state index in [0.717, 1.165) is 19.5 Å². The van der Waals surface area contributed by atoms with Crippen LogP contribution in [0.25, 0.3) is 0 Å². The van der Waals surface area contributed by atoms with Crippen LogP contribution in [0.5, 0.6) is 0 Å². The maximum Gasteiger partial charge on any atom is 0.317 e. The van der Waals surface area contributed by atoms with Crippen molar-refractivity contribution in [3.05, 3.63) is 12.2 Å². The summed E-state index contributed by atoms with van der Waals surface area (Å²) in [4.78, 5) is 25.5. The number of hydrogen-bond donors (Lipinski definition) is 2. The molecule has 0 aromatic rings. The minimum Gasteiger partial charge on any atom is -0.367 e. The largest absolute Gasteiger partial charge is 0.367 e. The second kappa shape index (κ2) is 5.82. The summed E-state index contributed by atoms with van der Waals surface area (Å²) in [6.07, 6.45) is 8.13. The number of primary amides is 1. The van der Waals surface area contributed by atoms with Gasteiger partial charge in [-0.05, 0) is 49.4 Å². The van der Waals surface area contributed by atoms with Crippen molar-refractivity contribution in [2.24, 2.45) is 29.4 Å². The van der Waals surface area contributed by atoms with Gasteiger partial charge in [0.1, 0.15) is 6.10 Å². The van der Waals surface area contributed by atoms with Crippen molar-refractivity contribution in [1.82, 2.24) is 10.2 Å². The third-order valence-electron chi connectivity index (χ3n) is 6.14. The molecule has 5 aliphatic rings. The normalized spacial score (nSPS) is 41.1. The van der Waals surface area contributed by atoms with Crippen LogP contribution < -0.4 is 11.1 Å². The molecule has 3 fully saturated rings. The number of urea groups is 1. The Bertz CT molecular complexity index is 513. The topological polar surface area (TPSA) is 84.7 Å². The maximum atomic E-state index is 12.4. The first-order valence-electron chi connectivity index (χ1n) is 8.77. The lowest BCUT2D eigenvalue weighted by Gasteiger charge is -2.40. The molecule has 3 amide bonds. The van der Waals surface area contributed by atoms with Crippen LogP contribution in [0, 0.1) is 23.7 Å². The van der Waals surface area contributed by atoms with E-state index in [1.165, 1.54) is 12.8 Å². The molecule has 5 rings (SSSR count). The monoisotopic (exact) mass is 319 g/mol. The Labute approximate surface area is 136 Å². The van der Waals surface area contributed by atoms with Crippen molar-refractivity contribution in [3.63, 3.8) is 0 Å². The number of nitrogens with two attached hydrogens (primary N) is 1. The summed E-state index contributed by atoms with van der Waals surface area (Å²) in [5.74, 6) is 2.21. The highest BCUT2D eigenvalue weighted by Crippen LogP contribution is 2.48. The van der Waals surface area contributed by atoms with Gasteiger partial charge in [0.2, 0.25) is 5.91 Å². The van der Waals surface area contributed by atoms with Gasteiger partial charge in [-0.15, -0.1) is 0 Å². The number of rotatable bonds is 3. The van der Waals surface area contributed by atoms with Crippen LogP contribution >= 0.6 is 0 Å². The van der Waals surface area contributed by atoms with Crippen LogP contribution in [-0.2, 0) is 9.53 Å². The summed E-state index contributed by atoms with van der Waals surface area (Å²) in [5.41, 5.74) is 5.25. The number of amides is 3. The van der Waals surface area contributed by atoms with E-state index in [1.807, 2.05) is 4.90 Å². The quantitative estimate of drug-likeness (QED) is 0.757. The van der Waals surface area contributed by atoms with Crippen LogP contribution in [0.15, 0.2) is 12.2 Å². The number of hydrogen-bond acceptors (Lipinski definition) is 3. The van der Waals surface area contributed by atoms with Crippen LogP contribution in [0.2, 0.25) is 0 Å². The van der Waals surface area contributed by atoms with Crippen LogP contribution in [0.4, 0.5) is 4.79 Å². The van der Waals surface area contributed by atoms with Crippen molar-refractivity contribution >= 4 is 11.9 Å². The van der Waals surface area contributed by atoms with Crippen molar-refractivity contribution in [2.75, 3.05) is 19.6 Å². The zero-order valence-corrected chi connectivity index (χ0v) is 13.3. The molecule has 1 saturated carbocycles. The Morgan fingerprint density at radius 2 is 1.74 bits per heavy atom. The third-order valence-corrected chi connectivity index (χ3v) is 6.14. The first-order chi connectivity index (χ1) is 11.1. The molecule has 2 aliphatic heterocycles. The average Bonchev–Trinajstić information content (AvgIpc) is 3.21. The smallest absolute Gasteiger partial charge is 0.317 e. The van der Waals surface area contributed by atoms with Gasteiger partial charge >= 0.3 is 6.03 Å². The predicted molar refractivity (Wildman–Crippen MR) is 84.4 cm³/mol. The van der Waals surface area contributed by atoms with Gasteiger partial charge in [-0.25, -0.2) is 4.79 Å². The molecule has 3 N–H and O–H groups in total. The summed E-state index contributed by atoms with van der Waals surface area (Å²) in [6, 6.07) is 0.00456. The molecule has 6 heteroatoms. The number of allylic oxidation sites excluding steroid dienone is 2. The number of fused-ring (bicyclic) bond motifs is 1. The molecule has 0 spiro atoms. The zero-order chi connectivity index (χ0) is 16.0. The van der Waals surface area contributed by atoms with E-state index < -0.39 is 12.0 Å². The summed E-state index contributed by atoms with van der Waals surface area (Å²) >= 11 is 0. The number of carbonyl (C=O) groups is 2. The molecule has 0 aromatic carbocycles. The van der Waals surface area contributed by atoms with Crippen molar-refractivity contribution in [2.45, 2.75) is 37.9 Å². The molecule has 126 valence electrons. The number of likely N-dealkylation sites (tertiary alicyclic amines) is 1. The molecular formula is C17H25N3O3. The first-order valence-corrected chi connectivity index (χ1v) is 8.77. The molecule has 6 unspecified atom stereocenters. The van der Waals surface area contributed by atoms with Gasteiger partial charge in [-0.1, -0.05) is 12.2 Å². The fraction of sp³-hybridized carbons (Fsp3) is 0.765. The Kier molecular flexibility index (Phi) is 3.79. The highest BCUT2D eigenvalue weighted by molar-refractivity contribution is 5.79. The molecule has 3 aliphatic carbocycles. The van der Waals surface area contributed by atoms with E-state index in [-0.39, 0.29) is 12.1 Å². The number of nitrogens with zero attached hydrogens (tertiary/aromatic N) is 1. The minimum atomic E-state index is -0.492. The predicted octanol–water partition coefficient (Wildman–Crippen LogP) is 0.873. The maximum absolute atomic E-state index is 12.4. The highest BCUT2D eigenvalue weighted by atomic mass is 16.5. The fourth-order valence-corrected chi connectivity index (χ4v) is 4.88. The van der Waals surface area contributed by atoms with Crippen LogP contribution in [0.3, 0.4) is 0 Å². The molecule has 2 saturated heterocycles. The Hall–Kier alpha value is -1.56. The van der Waals surface area contributed by atoms with Gasteiger partial charge in [0.15, 0.2) is 0 Å². The molecule has 0 aromatic heterocycles. The van der Waals surface area contributed by atoms with Gasteiger partial charge in [0.05, 0.1) is 6.10 Å². The lowest BCUT2D eigenvalue weighted by Crippen LogP contribution is -2.42. The van der Waals surface area contributed by atoms with Gasteiger partial charge in [0.25, 0.3) is 0 Å². The van der Waals surface area contributed by atoms with Crippen molar-refractivity contribution in [1.29, 1.82) is 0 Å². The second-order valence-corrected chi connectivity index (χ2v) is 7.44. The van der Waals surface area contributed by atoms with Crippen molar-refractivity contribution < 1.29 is 14.3 Å². The number of ether oxygens (including phenoxy) is 1. The zero-order valence-electron chi connectivity index (χ0n) is 13.3. The van der Waals surface area contributed by atoms with Gasteiger partial charge in [-0.3, -0.25) is 4.79 Å². The average molecular weight is 319 g/mol. The molecule has 23 heavy (non-hydrogen) atoms. The SMILES string of the molecule is NC(=O)C1CCC(CNC(=O)N2CC3C4C=CC(CC4)C3C2)O1. The lowest BCUT2D eigenvalue weighted by atomic mass is 9.64. The van der Waals surface area contributed by atoms with Gasteiger partial charge < -0.3 is 20.7 Å². The number of carbonyl (C=O) groups excluding carboxylic acids is 2. The Morgan fingerprint density at radius 3 is 2.26 bits per heavy atom. The van der Waals surface area contributed by atoms with E-state index in [4.69, 9.17) is 10.5 Å². The van der Waals surface area contributed by atoms with E-state index in [1.54, 1.807) is 0 Å². The first kappa shape index (κ1) is 15.0. The summed E-state index contributed by atoms with van der Waals surface area (Å²) in [5, 5.41) is 2.98. The number of nitrogens with one attached hydrogen (secondary N) is 1.